The van der Waals surface area contributed by atoms with E-state index in [1.807, 2.05) is 31.2 Å². The van der Waals surface area contributed by atoms with Gasteiger partial charge < -0.3 is 4.42 Å². The lowest BCUT2D eigenvalue weighted by molar-refractivity contribution is 0.572. The Morgan fingerprint density at radius 2 is 1.76 bits per heavy atom. The number of nitriles is 1. The second-order valence-electron chi connectivity index (χ2n) is 5.46. The molecule has 0 aliphatic carbocycles. The summed E-state index contributed by atoms with van der Waals surface area (Å²) in [4.78, 5) is 0. The minimum absolute atomic E-state index is 0.398. The average molecular weight is 389 g/mol. The van der Waals surface area contributed by atoms with Crippen molar-refractivity contribution in [1.29, 1.82) is 5.26 Å². The molecule has 0 spiro atoms. The molecule has 0 radical (unpaired) electrons. The predicted molar refractivity (Wildman–Crippen MR) is 104 cm³/mol. The average Bonchev–Trinajstić information content (AvgIpc) is 3.06. The third-order valence-corrected chi connectivity index (χ3v) is 4.87. The van der Waals surface area contributed by atoms with Gasteiger partial charge in [0.15, 0.2) is 0 Å². The van der Waals surface area contributed by atoms with Crippen LogP contribution in [-0.4, -0.2) is 0 Å². The molecule has 0 fully saturated rings. The lowest BCUT2D eigenvalue weighted by Gasteiger charge is -2.02. The van der Waals surface area contributed by atoms with E-state index in [1.54, 1.807) is 30.3 Å². The molecule has 0 aliphatic rings. The predicted octanol–water partition coefficient (Wildman–Crippen LogP) is 7.28. The molecule has 124 valence electrons. The van der Waals surface area contributed by atoms with E-state index in [9.17, 15) is 5.26 Å². The highest BCUT2D eigenvalue weighted by Gasteiger charge is 2.09. The fourth-order valence-corrected chi connectivity index (χ4v) is 2.80. The molecule has 0 unspecified atom stereocenters. The number of rotatable bonds is 3. The molecule has 0 bridgehead atoms. The van der Waals surface area contributed by atoms with Crippen LogP contribution < -0.4 is 0 Å². The van der Waals surface area contributed by atoms with E-state index in [4.69, 9.17) is 39.2 Å². The maximum Gasteiger partial charge on any atom is 0.134 e. The molecule has 1 aromatic heterocycles. The van der Waals surface area contributed by atoms with Crippen molar-refractivity contribution in [2.75, 3.05) is 0 Å². The van der Waals surface area contributed by atoms with Gasteiger partial charge in [0.25, 0.3) is 0 Å². The van der Waals surface area contributed by atoms with Crippen LogP contribution >= 0.6 is 34.8 Å². The number of aryl methyl sites for hydroxylation is 1. The molecule has 2 nitrogen and oxygen atoms in total. The lowest BCUT2D eigenvalue weighted by Crippen LogP contribution is -1.82. The first-order valence-electron chi connectivity index (χ1n) is 7.41. The van der Waals surface area contributed by atoms with Crippen LogP contribution in [0.25, 0.3) is 23.0 Å². The SMILES string of the molecule is Cc1ccc(-c2ccc(/C=C(/C#N)c3ccc(Cl)c(Cl)c3)o2)cc1Cl. The van der Waals surface area contributed by atoms with E-state index in [0.717, 1.165) is 11.1 Å². The molecule has 3 rings (SSSR count). The third kappa shape index (κ3) is 3.91. The molecule has 0 saturated carbocycles. The van der Waals surface area contributed by atoms with E-state index in [2.05, 4.69) is 6.07 Å². The number of halogens is 3. The Labute approximate surface area is 160 Å². The summed E-state index contributed by atoms with van der Waals surface area (Å²) in [5, 5.41) is 11.0. The van der Waals surface area contributed by atoms with E-state index in [0.29, 0.717) is 37.7 Å². The highest BCUT2D eigenvalue weighted by molar-refractivity contribution is 6.42. The zero-order valence-electron chi connectivity index (χ0n) is 13.2. The van der Waals surface area contributed by atoms with Crippen molar-refractivity contribution >= 4 is 46.5 Å². The molecule has 0 saturated heterocycles. The van der Waals surface area contributed by atoms with Crippen LogP contribution in [0.3, 0.4) is 0 Å². The van der Waals surface area contributed by atoms with Crippen molar-refractivity contribution < 1.29 is 4.42 Å². The van der Waals surface area contributed by atoms with Crippen LogP contribution in [0, 0.1) is 18.3 Å². The fraction of sp³-hybridized carbons (Fsp3) is 0.0500. The highest BCUT2D eigenvalue weighted by atomic mass is 35.5. The number of furan rings is 1. The first-order valence-corrected chi connectivity index (χ1v) is 8.55. The third-order valence-electron chi connectivity index (χ3n) is 3.72. The molecule has 0 N–H and O–H groups in total. The van der Waals surface area contributed by atoms with E-state index in [1.165, 1.54) is 0 Å². The van der Waals surface area contributed by atoms with Crippen LogP contribution in [-0.2, 0) is 0 Å². The van der Waals surface area contributed by atoms with Crippen molar-refractivity contribution in [2.45, 2.75) is 6.92 Å². The number of hydrogen-bond donors (Lipinski definition) is 0. The number of allylic oxidation sites excluding steroid dienone is 1. The zero-order valence-corrected chi connectivity index (χ0v) is 15.5. The van der Waals surface area contributed by atoms with Gasteiger partial charge in [-0.15, -0.1) is 0 Å². The molecule has 0 atom stereocenters. The van der Waals surface area contributed by atoms with Crippen LogP contribution in [0.4, 0.5) is 0 Å². The zero-order chi connectivity index (χ0) is 18.0. The number of benzene rings is 2. The number of hydrogen-bond acceptors (Lipinski definition) is 2. The smallest absolute Gasteiger partial charge is 0.134 e. The number of nitrogens with zero attached hydrogens (tertiary/aromatic N) is 1. The molecule has 2 aromatic carbocycles. The summed E-state index contributed by atoms with van der Waals surface area (Å²) in [5.74, 6) is 1.24. The Kier molecular flexibility index (Phi) is 5.20. The topological polar surface area (TPSA) is 36.9 Å². The molecule has 25 heavy (non-hydrogen) atoms. The first-order chi connectivity index (χ1) is 12.0. The summed E-state index contributed by atoms with van der Waals surface area (Å²) in [6, 6.07) is 16.6. The maximum atomic E-state index is 9.44. The van der Waals surface area contributed by atoms with Gasteiger partial charge in [-0.1, -0.05) is 53.0 Å². The normalized spacial score (nSPS) is 11.4. The van der Waals surface area contributed by atoms with E-state index >= 15 is 0 Å². The monoisotopic (exact) mass is 387 g/mol. The Morgan fingerprint density at radius 3 is 2.44 bits per heavy atom. The van der Waals surface area contributed by atoms with Crippen molar-refractivity contribution in [2.24, 2.45) is 0 Å². The fourth-order valence-electron chi connectivity index (χ4n) is 2.32. The van der Waals surface area contributed by atoms with Crippen molar-refractivity contribution in [3.8, 4) is 17.4 Å². The van der Waals surface area contributed by atoms with Gasteiger partial charge in [0, 0.05) is 10.6 Å². The summed E-state index contributed by atoms with van der Waals surface area (Å²) in [6.45, 7) is 1.94. The first kappa shape index (κ1) is 17.6. The van der Waals surface area contributed by atoms with Gasteiger partial charge in [-0.05, 0) is 54.5 Å². The van der Waals surface area contributed by atoms with Crippen molar-refractivity contribution in [1.82, 2.24) is 0 Å². The second-order valence-corrected chi connectivity index (χ2v) is 6.69. The summed E-state index contributed by atoms with van der Waals surface area (Å²) >= 11 is 18.1. The van der Waals surface area contributed by atoms with Crippen LogP contribution in [0.5, 0.6) is 0 Å². The van der Waals surface area contributed by atoms with Gasteiger partial charge in [0.05, 0.1) is 21.7 Å². The Bertz CT molecular complexity index is 1010. The summed E-state index contributed by atoms with van der Waals surface area (Å²) < 4.78 is 5.83. The van der Waals surface area contributed by atoms with Crippen molar-refractivity contribution in [3.63, 3.8) is 0 Å². The standard InChI is InChI=1S/C20H12Cl3NO/c1-12-2-3-14(10-18(12)22)20-7-5-16(25-20)8-15(11-24)13-4-6-17(21)19(23)9-13/h2-10H,1H3/b15-8-. The molecule has 3 aromatic rings. The van der Waals surface area contributed by atoms with Crippen LogP contribution in [0.15, 0.2) is 52.9 Å². The van der Waals surface area contributed by atoms with Gasteiger partial charge >= 0.3 is 0 Å². The van der Waals surface area contributed by atoms with Gasteiger partial charge in [0.2, 0.25) is 0 Å². The summed E-state index contributed by atoms with van der Waals surface area (Å²) in [7, 11) is 0. The van der Waals surface area contributed by atoms with Crippen LogP contribution in [0.2, 0.25) is 15.1 Å². The van der Waals surface area contributed by atoms with Crippen molar-refractivity contribution in [3.05, 3.63) is 80.5 Å². The molecular formula is C20H12Cl3NO. The molecule has 1 heterocycles. The molecule has 5 heteroatoms. The minimum Gasteiger partial charge on any atom is -0.457 e. The Hall–Kier alpha value is -2.18. The largest absolute Gasteiger partial charge is 0.457 e. The quantitative estimate of drug-likeness (QED) is 0.442. The van der Waals surface area contributed by atoms with Crippen LogP contribution in [0.1, 0.15) is 16.9 Å². The van der Waals surface area contributed by atoms with Gasteiger partial charge in [-0.25, -0.2) is 0 Å². The van der Waals surface area contributed by atoms with Gasteiger partial charge in [-0.2, -0.15) is 5.26 Å². The van der Waals surface area contributed by atoms with E-state index in [-0.39, 0.29) is 0 Å². The lowest BCUT2D eigenvalue weighted by atomic mass is 10.1. The minimum atomic E-state index is 0.398. The molecular weight excluding hydrogens is 377 g/mol. The summed E-state index contributed by atoms with van der Waals surface area (Å²) in [6.07, 6.45) is 1.67. The maximum absolute atomic E-state index is 9.44. The molecule has 0 amide bonds. The van der Waals surface area contributed by atoms with Gasteiger partial charge in [-0.3, -0.25) is 0 Å². The highest BCUT2D eigenvalue weighted by Crippen LogP contribution is 2.30. The Balaban J connectivity index is 1.95. The van der Waals surface area contributed by atoms with Gasteiger partial charge in [0.1, 0.15) is 11.5 Å². The van der Waals surface area contributed by atoms with E-state index < -0.39 is 0 Å². The Morgan fingerprint density at radius 1 is 0.960 bits per heavy atom. The summed E-state index contributed by atoms with van der Waals surface area (Å²) in [5.41, 5.74) is 2.99. The molecule has 0 aliphatic heterocycles. The second kappa shape index (κ2) is 7.37.